The third kappa shape index (κ3) is 3.40. The molecule has 0 saturated heterocycles. The third-order valence-electron chi connectivity index (χ3n) is 5.63. The van der Waals surface area contributed by atoms with Gasteiger partial charge in [-0.2, -0.15) is 0 Å². The molecule has 0 radical (unpaired) electrons. The monoisotopic (exact) mass is 408 g/mol. The maximum atomic E-state index is 13.2. The minimum atomic E-state index is -1.07. The molecular formula is C26H20N2O3. The lowest BCUT2D eigenvalue weighted by Crippen LogP contribution is -2.44. The Kier molecular flexibility index (Phi) is 4.64. The smallest absolute Gasteiger partial charge is 0.327 e. The highest BCUT2D eigenvalue weighted by Crippen LogP contribution is 2.28. The zero-order chi connectivity index (χ0) is 21.4. The van der Waals surface area contributed by atoms with Crippen LogP contribution < -0.4 is 5.32 Å². The van der Waals surface area contributed by atoms with E-state index in [0.717, 1.165) is 38.1 Å². The maximum absolute atomic E-state index is 13.2. The number of para-hydroxylation sites is 2. The first-order chi connectivity index (χ1) is 15.1. The minimum Gasteiger partial charge on any atom is -0.480 e. The Bertz CT molecular complexity index is 1400. The van der Waals surface area contributed by atoms with Crippen LogP contribution in [0, 0.1) is 0 Å². The lowest BCUT2D eigenvalue weighted by Gasteiger charge is -2.16. The number of benzene rings is 4. The van der Waals surface area contributed by atoms with E-state index in [-0.39, 0.29) is 6.42 Å². The second-order valence-corrected chi connectivity index (χ2v) is 7.60. The summed E-state index contributed by atoms with van der Waals surface area (Å²) in [5, 5.41) is 16.6. The van der Waals surface area contributed by atoms with Gasteiger partial charge in [0.05, 0.1) is 11.0 Å². The molecule has 1 amide bonds. The van der Waals surface area contributed by atoms with Gasteiger partial charge in [0.2, 0.25) is 0 Å². The summed E-state index contributed by atoms with van der Waals surface area (Å²) in [6.07, 6.45) is 0.197. The Morgan fingerprint density at radius 1 is 0.774 bits per heavy atom. The predicted octanol–water partition coefficient (Wildman–Crippen LogP) is 5.20. The summed E-state index contributed by atoms with van der Waals surface area (Å²) in [6, 6.07) is 27.5. The first kappa shape index (κ1) is 18.9. The van der Waals surface area contributed by atoms with Crippen molar-refractivity contribution < 1.29 is 14.7 Å². The van der Waals surface area contributed by atoms with Gasteiger partial charge in [-0.05, 0) is 28.5 Å². The number of hydrogen-bond donors (Lipinski definition) is 2. The molecule has 0 saturated carbocycles. The molecule has 5 rings (SSSR count). The van der Waals surface area contributed by atoms with Crippen molar-refractivity contribution in [3.8, 4) is 0 Å². The first-order valence-electron chi connectivity index (χ1n) is 10.1. The highest BCUT2D eigenvalue weighted by atomic mass is 16.4. The molecule has 31 heavy (non-hydrogen) atoms. The number of fused-ring (bicyclic) bond motifs is 4. The molecule has 0 spiro atoms. The van der Waals surface area contributed by atoms with Crippen molar-refractivity contribution in [3.05, 3.63) is 96.6 Å². The normalized spacial score (nSPS) is 12.3. The summed E-state index contributed by atoms with van der Waals surface area (Å²) in [7, 11) is 0. The molecule has 1 heterocycles. The van der Waals surface area contributed by atoms with Gasteiger partial charge in [0.25, 0.3) is 0 Å². The largest absolute Gasteiger partial charge is 0.480 e. The van der Waals surface area contributed by atoms with Gasteiger partial charge in [0.15, 0.2) is 0 Å². The molecule has 0 unspecified atom stereocenters. The topological polar surface area (TPSA) is 71.3 Å². The van der Waals surface area contributed by atoms with Crippen molar-refractivity contribution in [2.75, 3.05) is 0 Å². The number of carbonyl (C=O) groups excluding carboxylic acids is 1. The molecule has 5 aromatic rings. The van der Waals surface area contributed by atoms with Gasteiger partial charge >= 0.3 is 12.0 Å². The van der Waals surface area contributed by atoms with E-state index in [1.807, 2.05) is 91.0 Å². The zero-order valence-corrected chi connectivity index (χ0v) is 16.7. The average Bonchev–Trinajstić information content (AvgIpc) is 3.13. The number of hydrogen-bond acceptors (Lipinski definition) is 2. The van der Waals surface area contributed by atoms with Crippen LogP contribution in [-0.4, -0.2) is 27.7 Å². The molecule has 5 nitrogen and oxygen atoms in total. The number of rotatable bonds is 4. The van der Waals surface area contributed by atoms with Crippen molar-refractivity contribution in [1.29, 1.82) is 0 Å². The Morgan fingerprint density at radius 3 is 2.00 bits per heavy atom. The maximum Gasteiger partial charge on any atom is 0.327 e. The molecule has 2 N–H and O–H groups in total. The summed E-state index contributed by atoms with van der Waals surface area (Å²) >= 11 is 0. The SMILES string of the molecule is O=C(O)[C@@H](Cc1ccc2ccccc2c1)NC(=O)n1c2ccccc2c2ccccc21. The first-order valence-corrected chi connectivity index (χ1v) is 10.1. The van der Waals surface area contributed by atoms with Crippen LogP contribution in [0.3, 0.4) is 0 Å². The quantitative estimate of drug-likeness (QED) is 0.429. The fraction of sp³-hybridized carbons (Fsp3) is 0.0769. The van der Waals surface area contributed by atoms with Crippen LogP contribution in [0.2, 0.25) is 0 Å². The van der Waals surface area contributed by atoms with Gasteiger partial charge in [0.1, 0.15) is 6.04 Å². The molecule has 0 aliphatic rings. The van der Waals surface area contributed by atoms with Crippen LogP contribution >= 0.6 is 0 Å². The van der Waals surface area contributed by atoms with Gasteiger partial charge in [-0.3, -0.25) is 4.57 Å². The second-order valence-electron chi connectivity index (χ2n) is 7.60. The molecule has 0 fully saturated rings. The number of carbonyl (C=O) groups is 2. The van der Waals surface area contributed by atoms with E-state index in [2.05, 4.69) is 5.32 Å². The van der Waals surface area contributed by atoms with E-state index in [4.69, 9.17) is 0 Å². The molecule has 152 valence electrons. The van der Waals surface area contributed by atoms with Crippen LogP contribution in [-0.2, 0) is 11.2 Å². The van der Waals surface area contributed by atoms with Gasteiger partial charge in [0, 0.05) is 17.2 Å². The van der Waals surface area contributed by atoms with E-state index in [0.29, 0.717) is 0 Å². The van der Waals surface area contributed by atoms with E-state index in [1.54, 1.807) is 4.57 Å². The van der Waals surface area contributed by atoms with Crippen molar-refractivity contribution in [1.82, 2.24) is 9.88 Å². The molecule has 5 heteroatoms. The molecule has 1 atom stereocenters. The Balaban J connectivity index is 1.49. The number of carboxylic acids is 1. The second kappa shape index (κ2) is 7.61. The number of nitrogens with zero attached hydrogens (tertiary/aromatic N) is 1. The van der Waals surface area contributed by atoms with Crippen LogP contribution in [0.4, 0.5) is 4.79 Å². The Labute approximate surface area is 178 Å². The van der Waals surface area contributed by atoms with Crippen LogP contribution in [0.5, 0.6) is 0 Å². The summed E-state index contributed by atoms with van der Waals surface area (Å²) in [5.41, 5.74) is 2.35. The Hall–Kier alpha value is -4.12. The highest BCUT2D eigenvalue weighted by Gasteiger charge is 2.23. The third-order valence-corrected chi connectivity index (χ3v) is 5.63. The van der Waals surface area contributed by atoms with E-state index < -0.39 is 18.0 Å². The molecule has 0 aliphatic carbocycles. The van der Waals surface area contributed by atoms with Crippen molar-refractivity contribution in [3.63, 3.8) is 0 Å². The standard InChI is InChI=1S/C26H20N2O3/c29-25(30)22(16-17-13-14-18-7-1-2-8-19(18)15-17)27-26(31)28-23-11-5-3-9-20(23)21-10-4-6-12-24(21)28/h1-15,22H,16H2,(H,27,31)(H,29,30)/t22-/m1/s1. The lowest BCUT2D eigenvalue weighted by atomic mass is 10.0. The van der Waals surface area contributed by atoms with E-state index >= 15 is 0 Å². The van der Waals surface area contributed by atoms with Gasteiger partial charge in [-0.25, -0.2) is 9.59 Å². The summed E-state index contributed by atoms with van der Waals surface area (Å²) in [4.78, 5) is 25.2. The van der Waals surface area contributed by atoms with Crippen LogP contribution in [0.1, 0.15) is 5.56 Å². The minimum absolute atomic E-state index is 0.197. The fourth-order valence-corrected chi connectivity index (χ4v) is 4.16. The number of amides is 1. The van der Waals surface area contributed by atoms with Gasteiger partial charge in [-0.15, -0.1) is 0 Å². The van der Waals surface area contributed by atoms with Crippen LogP contribution in [0.25, 0.3) is 32.6 Å². The zero-order valence-electron chi connectivity index (χ0n) is 16.7. The van der Waals surface area contributed by atoms with Gasteiger partial charge < -0.3 is 10.4 Å². The molecule has 0 bridgehead atoms. The molecule has 0 aliphatic heterocycles. The highest BCUT2D eigenvalue weighted by molar-refractivity contribution is 6.13. The number of carboxylic acid groups (broad SMARTS) is 1. The number of aliphatic carboxylic acids is 1. The van der Waals surface area contributed by atoms with Crippen molar-refractivity contribution in [2.45, 2.75) is 12.5 Å². The summed E-state index contributed by atoms with van der Waals surface area (Å²) in [6.45, 7) is 0. The van der Waals surface area contributed by atoms with E-state index in [1.165, 1.54) is 0 Å². The van der Waals surface area contributed by atoms with Gasteiger partial charge in [-0.1, -0.05) is 78.9 Å². The average molecular weight is 408 g/mol. The lowest BCUT2D eigenvalue weighted by molar-refractivity contribution is -0.139. The van der Waals surface area contributed by atoms with Crippen molar-refractivity contribution >= 4 is 44.6 Å². The summed E-state index contributed by atoms with van der Waals surface area (Å²) in [5.74, 6) is -1.07. The summed E-state index contributed by atoms with van der Waals surface area (Å²) < 4.78 is 1.56. The number of nitrogens with one attached hydrogen (secondary N) is 1. The van der Waals surface area contributed by atoms with Crippen LogP contribution in [0.15, 0.2) is 91.0 Å². The Morgan fingerprint density at radius 2 is 1.35 bits per heavy atom. The number of aromatic nitrogens is 1. The van der Waals surface area contributed by atoms with Crippen molar-refractivity contribution in [2.24, 2.45) is 0 Å². The predicted molar refractivity (Wildman–Crippen MR) is 122 cm³/mol. The fourth-order valence-electron chi connectivity index (χ4n) is 4.16. The molecular weight excluding hydrogens is 388 g/mol. The molecule has 1 aromatic heterocycles. The molecule has 4 aromatic carbocycles. The van der Waals surface area contributed by atoms with E-state index in [9.17, 15) is 14.7 Å².